The van der Waals surface area contributed by atoms with Gasteiger partial charge in [0.2, 0.25) is 0 Å². The van der Waals surface area contributed by atoms with E-state index >= 15 is 0 Å². The molecule has 0 aromatic rings. The summed E-state index contributed by atoms with van der Waals surface area (Å²) in [6.07, 6.45) is 0. The van der Waals surface area contributed by atoms with Gasteiger partial charge in [0.25, 0.3) is 0 Å². The first-order valence-electron chi connectivity index (χ1n) is 3.30. The predicted octanol–water partition coefficient (Wildman–Crippen LogP) is 1.03. The van der Waals surface area contributed by atoms with Crippen LogP contribution in [0.15, 0.2) is 0 Å². The van der Waals surface area contributed by atoms with Crippen LogP contribution in [0.5, 0.6) is 0 Å². The predicted molar refractivity (Wildman–Crippen MR) is 51.1 cm³/mol. The molecule has 0 heterocycles. The molecule has 0 atom stereocenters. The zero-order valence-corrected chi connectivity index (χ0v) is 8.28. The monoisotopic (exact) mass is 164 g/mol. The highest BCUT2D eigenvalue weighted by Gasteiger charge is 2.31. The molecule has 0 unspecified atom stereocenters. The van der Waals surface area contributed by atoms with Gasteiger partial charge in [-0.2, -0.15) is 0 Å². The average molecular weight is 164 g/mol. The minimum Gasteiger partial charge on any atom is -0.344 e. The average Bonchev–Trinajstić information content (AvgIpc) is 1.64. The molecule has 0 aliphatic carbocycles. The van der Waals surface area contributed by atoms with E-state index in [0.29, 0.717) is 6.54 Å². The van der Waals surface area contributed by atoms with E-state index in [4.69, 9.17) is 11.5 Å². The van der Waals surface area contributed by atoms with Crippen molar-refractivity contribution in [3.63, 3.8) is 0 Å². The summed E-state index contributed by atoms with van der Waals surface area (Å²) in [4.78, 5) is 0. The minimum absolute atomic E-state index is 0. The van der Waals surface area contributed by atoms with E-state index in [2.05, 4.69) is 13.8 Å². The Balaban J connectivity index is -0.000000320. The fraction of sp³-hybridized carbons (Fsp3) is 1.00. The Morgan fingerprint density at radius 3 is 1.27 bits per heavy atom. The van der Waals surface area contributed by atoms with Crippen LogP contribution < -0.4 is 23.8 Å². The maximum atomic E-state index is 5.84. The van der Waals surface area contributed by atoms with Gasteiger partial charge in [0.1, 0.15) is 0 Å². The molecule has 0 amide bonds. The number of hydrogen-bond acceptors (Lipinski definition) is 4. The highest BCUT2D eigenvalue weighted by atomic mass is 14.8. The van der Waals surface area contributed by atoms with Gasteiger partial charge in [-0.15, -0.1) is 0 Å². The highest BCUT2D eigenvalue weighted by Crippen LogP contribution is 2.25. The second kappa shape index (κ2) is 4.66. The van der Waals surface area contributed by atoms with Crippen molar-refractivity contribution in [2.45, 2.75) is 33.2 Å². The van der Waals surface area contributed by atoms with Crippen molar-refractivity contribution in [2.24, 2.45) is 16.9 Å². The van der Waals surface area contributed by atoms with Crippen molar-refractivity contribution in [1.29, 1.82) is 0 Å². The molecular weight excluding hydrogens is 140 g/mol. The summed E-state index contributed by atoms with van der Waals surface area (Å²) in [5.74, 6) is 0. The van der Waals surface area contributed by atoms with Crippen LogP contribution in [0.1, 0.15) is 27.7 Å². The van der Waals surface area contributed by atoms with Gasteiger partial charge in [0.05, 0.1) is 0 Å². The number of nitrogens with two attached hydrogens (primary N) is 2. The molecule has 0 aromatic carbocycles. The fourth-order valence-electron chi connectivity index (χ4n) is 0.263. The minimum atomic E-state index is -0.179. The van der Waals surface area contributed by atoms with Gasteiger partial charge in [-0.3, -0.25) is 0 Å². The molecule has 0 radical (unpaired) electrons. The third kappa shape index (κ3) is 4.31. The summed E-state index contributed by atoms with van der Waals surface area (Å²) in [6.45, 7) is 8.79. The van der Waals surface area contributed by atoms with Crippen LogP contribution in [0.3, 0.4) is 0 Å². The van der Waals surface area contributed by atoms with Crippen molar-refractivity contribution in [1.82, 2.24) is 12.3 Å². The van der Waals surface area contributed by atoms with Gasteiger partial charge < -0.3 is 23.8 Å². The first-order chi connectivity index (χ1) is 3.81. The van der Waals surface area contributed by atoms with E-state index < -0.39 is 0 Å². The molecule has 0 spiro atoms. The summed E-state index contributed by atoms with van der Waals surface area (Å²) in [5, 5.41) is 0. The quantitative estimate of drug-likeness (QED) is 0.487. The zero-order valence-electron chi connectivity index (χ0n) is 8.28. The van der Waals surface area contributed by atoms with Crippen LogP contribution in [0.2, 0.25) is 0 Å². The molecule has 4 heteroatoms. The molecule has 0 aliphatic heterocycles. The topological polar surface area (TPSA) is 122 Å². The summed E-state index contributed by atoms with van der Waals surface area (Å²) >= 11 is 0. The van der Waals surface area contributed by atoms with Gasteiger partial charge in [0, 0.05) is 5.54 Å². The third-order valence-electron chi connectivity index (χ3n) is 2.25. The Hall–Kier alpha value is -0.160. The van der Waals surface area contributed by atoms with Crippen molar-refractivity contribution in [3.8, 4) is 0 Å². The molecule has 11 heavy (non-hydrogen) atoms. The number of hydrogen-bond donors (Lipinski definition) is 4. The van der Waals surface area contributed by atoms with Crippen LogP contribution in [-0.2, 0) is 0 Å². The maximum Gasteiger partial charge on any atom is 0.0160 e. The Morgan fingerprint density at radius 2 is 1.27 bits per heavy atom. The van der Waals surface area contributed by atoms with Crippen molar-refractivity contribution >= 4 is 0 Å². The molecule has 0 aromatic heterocycles. The van der Waals surface area contributed by atoms with Gasteiger partial charge in [0.15, 0.2) is 0 Å². The Bertz CT molecular complexity index is 93.1. The molecule has 0 aliphatic rings. The van der Waals surface area contributed by atoms with E-state index in [-0.39, 0.29) is 23.3 Å². The van der Waals surface area contributed by atoms with Crippen molar-refractivity contribution < 1.29 is 0 Å². The van der Waals surface area contributed by atoms with Gasteiger partial charge in [-0.25, -0.2) is 0 Å². The molecule has 10 N–H and O–H groups in total. The van der Waals surface area contributed by atoms with E-state index in [0.717, 1.165) is 0 Å². The fourth-order valence-corrected chi connectivity index (χ4v) is 0.263. The second-order valence-electron chi connectivity index (χ2n) is 3.81. The SMILES string of the molecule is CC(C)(N)C(C)(C)CN.N.N. The lowest BCUT2D eigenvalue weighted by Crippen LogP contribution is -2.51. The van der Waals surface area contributed by atoms with Gasteiger partial charge in [-0.1, -0.05) is 13.8 Å². The summed E-state index contributed by atoms with van der Waals surface area (Å²) < 4.78 is 0. The zero-order chi connectivity index (χ0) is 7.71. The summed E-state index contributed by atoms with van der Waals surface area (Å²) in [5.41, 5.74) is 11.2. The van der Waals surface area contributed by atoms with Crippen LogP contribution in [0, 0.1) is 5.41 Å². The standard InChI is InChI=1S/C7H18N2.2H3N/c1-6(2,5-8)7(3,4)9;;/h5,8-9H2,1-4H3;2*1H3. The van der Waals surface area contributed by atoms with E-state index in [1.807, 2.05) is 13.8 Å². The molecule has 0 saturated heterocycles. The largest absolute Gasteiger partial charge is 0.344 e. The Kier molecular flexibility index (Phi) is 7.24. The smallest absolute Gasteiger partial charge is 0.0160 e. The number of rotatable bonds is 2. The summed E-state index contributed by atoms with van der Waals surface area (Å²) in [6, 6.07) is 0. The first kappa shape index (κ1) is 17.1. The highest BCUT2D eigenvalue weighted by molar-refractivity contribution is 4.90. The summed E-state index contributed by atoms with van der Waals surface area (Å²) in [7, 11) is 0. The molecule has 4 nitrogen and oxygen atoms in total. The Labute approximate surface area is 69.9 Å². The van der Waals surface area contributed by atoms with Crippen LogP contribution >= 0.6 is 0 Å². The molecule has 0 bridgehead atoms. The molecular formula is C7H24N4. The van der Waals surface area contributed by atoms with Crippen LogP contribution in [0.4, 0.5) is 0 Å². The lowest BCUT2D eigenvalue weighted by atomic mass is 9.75. The molecule has 72 valence electrons. The molecule has 0 fully saturated rings. The van der Waals surface area contributed by atoms with E-state index in [9.17, 15) is 0 Å². The maximum absolute atomic E-state index is 5.84. The van der Waals surface area contributed by atoms with Crippen molar-refractivity contribution in [2.75, 3.05) is 6.54 Å². The van der Waals surface area contributed by atoms with E-state index in [1.54, 1.807) is 0 Å². The molecule has 0 saturated carbocycles. The van der Waals surface area contributed by atoms with Crippen LogP contribution in [-0.4, -0.2) is 12.1 Å². The lowest BCUT2D eigenvalue weighted by Gasteiger charge is -2.37. The first-order valence-corrected chi connectivity index (χ1v) is 3.30. The second-order valence-corrected chi connectivity index (χ2v) is 3.81. The Morgan fingerprint density at radius 1 is 1.00 bits per heavy atom. The van der Waals surface area contributed by atoms with Crippen LogP contribution in [0.25, 0.3) is 0 Å². The van der Waals surface area contributed by atoms with Crippen molar-refractivity contribution in [3.05, 3.63) is 0 Å². The van der Waals surface area contributed by atoms with E-state index in [1.165, 1.54) is 0 Å². The normalized spacial score (nSPS) is 11.5. The van der Waals surface area contributed by atoms with Gasteiger partial charge >= 0.3 is 0 Å². The van der Waals surface area contributed by atoms with Gasteiger partial charge in [-0.05, 0) is 25.8 Å². The molecule has 0 rings (SSSR count). The lowest BCUT2D eigenvalue weighted by molar-refractivity contribution is 0.212. The third-order valence-corrected chi connectivity index (χ3v) is 2.25.